The summed E-state index contributed by atoms with van der Waals surface area (Å²) in [7, 11) is 3.21. The van der Waals surface area contributed by atoms with Crippen LogP contribution >= 0.6 is 0 Å². The van der Waals surface area contributed by atoms with Gasteiger partial charge in [0.1, 0.15) is 5.76 Å². The quantitative estimate of drug-likeness (QED) is 0.287. The van der Waals surface area contributed by atoms with Crippen LogP contribution in [-0.4, -0.2) is 57.2 Å². The van der Waals surface area contributed by atoms with E-state index in [0.717, 1.165) is 57.2 Å². The molecule has 0 aliphatic carbocycles. The highest BCUT2D eigenvalue weighted by Gasteiger charge is 2.25. The maximum absolute atomic E-state index is 11.1. The number of guanidine groups is 1. The Labute approximate surface area is 156 Å². The first kappa shape index (κ1) is 20.3. The molecule has 2 N–H and O–H groups in total. The topological polar surface area (TPSA) is 79.1 Å². The Hall–Kier alpha value is -2.02. The molecule has 0 spiro atoms. The number of carbonyl (C=O) groups excluding carboxylic acids is 1. The number of ether oxygens (including phenoxy) is 1. The van der Waals surface area contributed by atoms with Crippen molar-refractivity contribution in [2.75, 3.05) is 40.3 Å². The first-order valence-electron chi connectivity index (χ1n) is 9.53. The third-order valence-corrected chi connectivity index (χ3v) is 4.72. The van der Waals surface area contributed by atoms with Crippen molar-refractivity contribution < 1.29 is 13.9 Å². The van der Waals surface area contributed by atoms with Crippen molar-refractivity contribution in [2.24, 2.45) is 4.99 Å². The predicted octanol–water partition coefficient (Wildman–Crippen LogP) is 2.31. The van der Waals surface area contributed by atoms with Gasteiger partial charge < -0.3 is 19.8 Å². The van der Waals surface area contributed by atoms with Gasteiger partial charge in [-0.15, -0.1) is 0 Å². The summed E-state index contributed by atoms with van der Waals surface area (Å²) in [4.78, 5) is 17.8. The van der Waals surface area contributed by atoms with Gasteiger partial charge in [0.05, 0.1) is 19.4 Å². The lowest BCUT2D eigenvalue weighted by atomic mass is 10.2. The molecule has 0 radical (unpaired) electrons. The Kier molecular flexibility index (Phi) is 9.03. The zero-order chi connectivity index (χ0) is 18.6. The minimum absolute atomic E-state index is 0.138. The highest BCUT2D eigenvalue weighted by molar-refractivity contribution is 5.79. The van der Waals surface area contributed by atoms with E-state index in [1.165, 1.54) is 20.0 Å². The average molecular weight is 364 g/mol. The van der Waals surface area contributed by atoms with E-state index in [-0.39, 0.29) is 12.0 Å². The number of hydrogen-bond acceptors (Lipinski definition) is 5. The van der Waals surface area contributed by atoms with Gasteiger partial charge in [-0.2, -0.15) is 0 Å². The number of likely N-dealkylation sites (tertiary alicyclic amines) is 1. The number of carbonyl (C=O) groups is 1. The fourth-order valence-electron chi connectivity index (χ4n) is 3.24. The SMILES string of the molecule is CN=C(NCCCCCC(=O)OC)NCC(c1ccco1)N1CCCC1. The number of aliphatic imine (C=N–C) groups is 1. The molecule has 1 fully saturated rings. The highest BCUT2D eigenvalue weighted by Crippen LogP contribution is 2.24. The van der Waals surface area contributed by atoms with Crippen LogP contribution < -0.4 is 10.6 Å². The molecule has 1 aliphatic heterocycles. The van der Waals surface area contributed by atoms with Gasteiger partial charge in [-0.25, -0.2) is 0 Å². The Morgan fingerprint density at radius 1 is 1.31 bits per heavy atom. The standard InChI is InChI=1S/C19H32N4O3/c1-20-19(21-11-5-3-4-10-18(24)25-2)22-15-16(17-9-8-14-26-17)23-12-6-7-13-23/h8-9,14,16H,3-7,10-13,15H2,1-2H3,(H2,20,21,22). The Morgan fingerprint density at radius 2 is 2.12 bits per heavy atom. The Balaban J connectivity index is 1.70. The van der Waals surface area contributed by atoms with Gasteiger partial charge in [0, 0.05) is 26.6 Å². The largest absolute Gasteiger partial charge is 0.469 e. The lowest BCUT2D eigenvalue weighted by Crippen LogP contribution is -2.42. The zero-order valence-electron chi connectivity index (χ0n) is 16.0. The number of nitrogens with zero attached hydrogens (tertiary/aromatic N) is 2. The summed E-state index contributed by atoms with van der Waals surface area (Å²) < 4.78 is 10.3. The normalized spacial score (nSPS) is 16.5. The smallest absolute Gasteiger partial charge is 0.305 e. The summed E-state index contributed by atoms with van der Waals surface area (Å²) in [6.45, 7) is 3.81. The van der Waals surface area contributed by atoms with E-state index in [1.807, 2.05) is 12.1 Å². The van der Waals surface area contributed by atoms with Crippen LogP contribution in [0.4, 0.5) is 0 Å². The van der Waals surface area contributed by atoms with Crippen molar-refractivity contribution in [3.8, 4) is 0 Å². The summed E-state index contributed by atoms with van der Waals surface area (Å²) in [6, 6.07) is 4.22. The molecule has 0 amide bonds. The van der Waals surface area contributed by atoms with Crippen LogP contribution in [0.15, 0.2) is 27.8 Å². The predicted molar refractivity (Wildman–Crippen MR) is 102 cm³/mol. The molecule has 7 heteroatoms. The van der Waals surface area contributed by atoms with E-state index in [9.17, 15) is 4.79 Å². The molecular formula is C19H32N4O3. The van der Waals surface area contributed by atoms with Crippen LogP contribution in [0.5, 0.6) is 0 Å². The molecule has 1 aliphatic rings. The van der Waals surface area contributed by atoms with Crippen LogP contribution in [0.3, 0.4) is 0 Å². The molecule has 1 aromatic rings. The van der Waals surface area contributed by atoms with Crippen molar-refractivity contribution in [3.63, 3.8) is 0 Å². The molecule has 0 saturated carbocycles. The number of hydrogen-bond donors (Lipinski definition) is 2. The molecule has 26 heavy (non-hydrogen) atoms. The minimum Gasteiger partial charge on any atom is -0.469 e. The van der Waals surface area contributed by atoms with E-state index >= 15 is 0 Å². The maximum atomic E-state index is 11.1. The van der Waals surface area contributed by atoms with E-state index < -0.39 is 0 Å². The van der Waals surface area contributed by atoms with Crippen LogP contribution in [0.2, 0.25) is 0 Å². The third-order valence-electron chi connectivity index (χ3n) is 4.72. The van der Waals surface area contributed by atoms with Crippen LogP contribution in [0, 0.1) is 0 Å². The lowest BCUT2D eigenvalue weighted by molar-refractivity contribution is -0.140. The summed E-state index contributed by atoms with van der Waals surface area (Å²) in [5, 5.41) is 6.75. The van der Waals surface area contributed by atoms with Gasteiger partial charge >= 0.3 is 5.97 Å². The molecule has 1 aromatic heterocycles. The molecule has 1 atom stereocenters. The molecule has 7 nitrogen and oxygen atoms in total. The molecule has 146 valence electrons. The fourth-order valence-corrected chi connectivity index (χ4v) is 3.24. The Morgan fingerprint density at radius 3 is 2.77 bits per heavy atom. The van der Waals surface area contributed by atoms with Crippen LogP contribution in [-0.2, 0) is 9.53 Å². The number of nitrogens with one attached hydrogen (secondary N) is 2. The lowest BCUT2D eigenvalue weighted by Gasteiger charge is -2.26. The summed E-state index contributed by atoms with van der Waals surface area (Å²) >= 11 is 0. The first-order chi connectivity index (χ1) is 12.7. The second-order valence-corrected chi connectivity index (χ2v) is 6.54. The van der Waals surface area contributed by atoms with Crippen LogP contribution in [0.25, 0.3) is 0 Å². The molecule has 2 heterocycles. The van der Waals surface area contributed by atoms with Crippen molar-refractivity contribution in [1.29, 1.82) is 0 Å². The number of esters is 1. The molecule has 0 aromatic carbocycles. The second kappa shape index (κ2) is 11.6. The van der Waals surface area contributed by atoms with Crippen molar-refractivity contribution in [3.05, 3.63) is 24.2 Å². The molecular weight excluding hydrogens is 332 g/mol. The van der Waals surface area contributed by atoms with Crippen molar-refractivity contribution in [1.82, 2.24) is 15.5 Å². The van der Waals surface area contributed by atoms with Gasteiger partial charge in [0.15, 0.2) is 5.96 Å². The number of methoxy groups -OCH3 is 1. The number of unbranched alkanes of at least 4 members (excludes halogenated alkanes) is 2. The molecule has 0 bridgehead atoms. The second-order valence-electron chi connectivity index (χ2n) is 6.54. The summed E-state index contributed by atoms with van der Waals surface area (Å²) in [5.41, 5.74) is 0. The average Bonchev–Trinajstić information content (AvgIpc) is 3.37. The summed E-state index contributed by atoms with van der Waals surface area (Å²) in [6.07, 6.45) is 7.55. The van der Waals surface area contributed by atoms with Crippen LogP contribution in [0.1, 0.15) is 50.3 Å². The van der Waals surface area contributed by atoms with Crippen molar-refractivity contribution >= 4 is 11.9 Å². The van der Waals surface area contributed by atoms with Gasteiger partial charge in [0.25, 0.3) is 0 Å². The molecule has 2 rings (SSSR count). The van der Waals surface area contributed by atoms with Gasteiger partial charge in [-0.1, -0.05) is 6.42 Å². The van der Waals surface area contributed by atoms with Gasteiger partial charge in [0.2, 0.25) is 0 Å². The zero-order valence-corrected chi connectivity index (χ0v) is 16.0. The third kappa shape index (κ3) is 6.71. The van der Waals surface area contributed by atoms with E-state index in [2.05, 4.69) is 25.3 Å². The monoisotopic (exact) mass is 364 g/mol. The first-order valence-corrected chi connectivity index (χ1v) is 9.53. The highest BCUT2D eigenvalue weighted by atomic mass is 16.5. The Bertz CT molecular complexity index is 539. The van der Waals surface area contributed by atoms with E-state index in [4.69, 9.17) is 4.42 Å². The van der Waals surface area contributed by atoms with E-state index in [0.29, 0.717) is 6.42 Å². The minimum atomic E-state index is -0.138. The van der Waals surface area contributed by atoms with Crippen molar-refractivity contribution in [2.45, 2.75) is 44.6 Å². The fraction of sp³-hybridized carbons (Fsp3) is 0.684. The maximum Gasteiger partial charge on any atom is 0.305 e. The summed E-state index contributed by atoms with van der Waals surface area (Å²) in [5.74, 6) is 1.66. The van der Waals surface area contributed by atoms with Gasteiger partial charge in [-0.05, 0) is 50.9 Å². The number of rotatable bonds is 10. The molecule has 1 saturated heterocycles. The van der Waals surface area contributed by atoms with E-state index in [1.54, 1.807) is 13.3 Å². The molecule has 1 unspecified atom stereocenters. The van der Waals surface area contributed by atoms with Gasteiger partial charge in [-0.3, -0.25) is 14.7 Å². The number of furan rings is 1.